The van der Waals surface area contributed by atoms with Gasteiger partial charge >= 0.3 is 0 Å². The number of rotatable bonds is 3. The van der Waals surface area contributed by atoms with Crippen LogP contribution in [0.15, 0.2) is 19.9 Å². The van der Waals surface area contributed by atoms with Crippen molar-refractivity contribution in [1.82, 2.24) is 20.2 Å². The molecule has 86 valence electrons. The van der Waals surface area contributed by atoms with Gasteiger partial charge in [0.1, 0.15) is 11.8 Å². The van der Waals surface area contributed by atoms with E-state index < -0.39 is 0 Å². The van der Waals surface area contributed by atoms with Crippen LogP contribution in [-0.4, -0.2) is 26.4 Å². The average molecular weight is 281 g/mol. The second-order valence-corrected chi connectivity index (χ2v) is 6.17. The van der Waals surface area contributed by atoms with Gasteiger partial charge in [0.05, 0.1) is 0 Å². The van der Waals surface area contributed by atoms with Crippen molar-refractivity contribution in [2.24, 2.45) is 0 Å². The number of aryl methyl sites for hydroxylation is 1. The van der Waals surface area contributed by atoms with Crippen molar-refractivity contribution in [3.63, 3.8) is 0 Å². The van der Waals surface area contributed by atoms with E-state index in [1.165, 1.54) is 23.1 Å². The summed E-state index contributed by atoms with van der Waals surface area (Å²) in [4.78, 5) is 8.35. The maximum atomic E-state index is 8.82. The van der Waals surface area contributed by atoms with Crippen LogP contribution in [0.3, 0.4) is 0 Å². The van der Waals surface area contributed by atoms with Gasteiger partial charge in [0.15, 0.2) is 13.8 Å². The summed E-state index contributed by atoms with van der Waals surface area (Å²) in [7, 11) is 0. The van der Waals surface area contributed by atoms with Gasteiger partial charge < -0.3 is 0 Å². The van der Waals surface area contributed by atoms with Gasteiger partial charge in [-0.15, -0.1) is 10.2 Å². The summed E-state index contributed by atoms with van der Waals surface area (Å²) in [5.41, 5.74) is 1.14. The molecule has 2 heterocycles. The molecule has 0 saturated carbocycles. The van der Waals surface area contributed by atoms with E-state index in [-0.39, 0.29) is 0 Å². The molecule has 0 aliphatic carbocycles. The molecule has 0 unspecified atom stereocenters. The van der Waals surface area contributed by atoms with Crippen LogP contribution in [0.2, 0.25) is 0 Å². The fourth-order valence-electron chi connectivity index (χ4n) is 1.04. The zero-order valence-corrected chi connectivity index (χ0v) is 11.5. The Labute approximate surface area is 111 Å². The Morgan fingerprint density at radius 1 is 1.29 bits per heavy atom. The topological polar surface area (TPSA) is 75.3 Å². The normalized spacial score (nSPS) is 10.2. The van der Waals surface area contributed by atoms with Crippen molar-refractivity contribution in [2.45, 2.75) is 20.8 Å². The van der Waals surface area contributed by atoms with E-state index >= 15 is 0 Å². The third-order valence-corrected chi connectivity index (χ3v) is 4.50. The Hall–Kier alpha value is -1.17. The van der Waals surface area contributed by atoms with Gasteiger partial charge in [0, 0.05) is 5.69 Å². The fourth-order valence-corrected chi connectivity index (χ4v) is 3.41. The Balaban J connectivity index is 2.24. The van der Waals surface area contributed by atoms with Crippen LogP contribution in [0.25, 0.3) is 0 Å². The van der Waals surface area contributed by atoms with E-state index in [2.05, 4.69) is 20.2 Å². The lowest BCUT2D eigenvalue weighted by Crippen LogP contribution is -1.93. The molecule has 0 N–H and O–H groups in total. The first-order valence-corrected chi connectivity index (χ1v) is 7.38. The summed E-state index contributed by atoms with van der Waals surface area (Å²) in [6.45, 7) is 1.83. The SMILES string of the molecule is CSc1nnc(Sc2nc(C)cc(C#N)n2)s1. The minimum Gasteiger partial charge on any atom is -0.227 e. The first-order chi connectivity index (χ1) is 8.21. The molecule has 0 amide bonds. The third-order valence-electron chi connectivity index (χ3n) is 1.69. The number of hydrogen-bond acceptors (Lipinski definition) is 8. The molecular weight excluding hydrogens is 274 g/mol. The van der Waals surface area contributed by atoms with Gasteiger partial charge in [-0.1, -0.05) is 23.1 Å². The first-order valence-electron chi connectivity index (χ1n) is 4.52. The van der Waals surface area contributed by atoms with Crippen molar-refractivity contribution in [1.29, 1.82) is 5.26 Å². The summed E-state index contributed by atoms with van der Waals surface area (Å²) in [5.74, 6) is 0. The van der Waals surface area contributed by atoms with E-state index in [0.29, 0.717) is 10.9 Å². The van der Waals surface area contributed by atoms with Crippen molar-refractivity contribution >= 4 is 34.9 Å². The van der Waals surface area contributed by atoms with Crippen molar-refractivity contribution in [3.05, 3.63) is 17.5 Å². The lowest BCUT2D eigenvalue weighted by atomic mass is 10.4. The molecule has 5 nitrogen and oxygen atoms in total. The monoisotopic (exact) mass is 281 g/mol. The van der Waals surface area contributed by atoms with Gasteiger partial charge in [0.2, 0.25) is 0 Å². The summed E-state index contributed by atoms with van der Waals surface area (Å²) >= 11 is 4.36. The molecule has 0 bridgehead atoms. The highest BCUT2D eigenvalue weighted by molar-refractivity contribution is 8.02. The number of nitrogens with zero attached hydrogens (tertiary/aromatic N) is 5. The van der Waals surface area contributed by atoms with E-state index in [0.717, 1.165) is 14.4 Å². The van der Waals surface area contributed by atoms with E-state index in [1.54, 1.807) is 17.8 Å². The molecular formula is C9H7N5S3. The number of hydrogen-bond donors (Lipinski definition) is 0. The standard InChI is InChI=1S/C9H7N5S3/c1-5-3-6(4-10)12-7(11-5)16-9-14-13-8(15-2)17-9/h3H,1-2H3. The van der Waals surface area contributed by atoms with Gasteiger partial charge in [-0.25, -0.2) is 9.97 Å². The molecule has 17 heavy (non-hydrogen) atoms. The zero-order chi connectivity index (χ0) is 12.3. The molecule has 0 spiro atoms. The number of aromatic nitrogens is 4. The van der Waals surface area contributed by atoms with E-state index in [1.807, 2.05) is 19.2 Å². The molecule has 0 radical (unpaired) electrons. The Kier molecular flexibility index (Phi) is 3.93. The predicted octanol–water partition coefficient (Wildman–Crippen LogP) is 2.38. The fraction of sp³-hybridized carbons (Fsp3) is 0.222. The summed E-state index contributed by atoms with van der Waals surface area (Å²) in [6.07, 6.45) is 1.95. The lowest BCUT2D eigenvalue weighted by Gasteiger charge is -1.97. The van der Waals surface area contributed by atoms with Gasteiger partial charge in [0.25, 0.3) is 0 Å². The molecule has 0 fully saturated rings. The second-order valence-electron chi connectivity index (χ2n) is 2.93. The molecule has 8 heteroatoms. The van der Waals surface area contributed by atoms with E-state index in [9.17, 15) is 0 Å². The smallest absolute Gasteiger partial charge is 0.196 e. The first kappa shape index (κ1) is 12.3. The molecule has 2 aromatic rings. The van der Waals surface area contributed by atoms with Crippen LogP contribution >= 0.6 is 34.9 Å². The minimum absolute atomic E-state index is 0.370. The Bertz CT molecular complexity index is 574. The van der Waals surface area contributed by atoms with Crippen LogP contribution in [-0.2, 0) is 0 Å². The largest absolute Gasteiger partial charge is 0.227 e. The molecule has 2 rings (SSSR count). The Morgan fingerprint density at radius 2 is 2.06 bits per heavy atom. The minimum atomic E-state index is 0.370. The highest BCUT2D eigenvalue weighted by Gasteiger charge is 2.09. The second kappa shape index (κ2) is 5.44. The highest BCUT2D eigenvalue weighted by atomic mass is 32.2. The molecule has 0 atom stereocenters. The Morgan fingerprint density at radius 3 is 2.71 bits per heavy atom. The predicted molar refractivity (Wildman–Crippen MR) is 67.3 cm³/mol. The summed E-state index contributed by atoms with van der Waals surface area (Å²) in [6, 6.07) is 3.66. The van der Waals surface area contributed by atoms with Crippen LogP contribution in [0.1, 0.15) is 11.4 Å². The quantitative estimate of drug-likeness (QED) is 0.631. The molecule has 0 aromatic carbocycles. The molecule has 0 saturated heterocycles. The lowest BCUT2D eigenvalue weighted by molar-refractivity contribution is 0.909. The summed E-state index contributed by atoms with van der Waals surface area (Å²) in [5, 5.41) is 17.4. The zero-order valence-electron chi connectivity index (χ0n) is 9.04. The van der Waals surface area contributed by atoms with Crippen LogP contribution in [0, 0.1) is 18.3 Å². The van der Waals surface area contributed by atoms with Crippen molar-refractivity contribution in [3.8, 4) is 6.07 Å². The van der Waals surface area contributed by atoms with Crippen LogP contribution in [0.4, 0.5) is 0 Å². The van der Waals surface area contributed by atoms with Gasteiger partial charge in [-0.3, -0.25) is 0 Å². The van der Waals surface area contributed by atoms with Gasteiger partial charge in [-0.2, -0.15) is 5.26 Å². The third kappa shape index (κ3) is 3.15. The average Bonchev–Trinajstić information content (AvgIpc) is 2.76. The van der Waals surface area contributed by atoms with Crippen LogP contribution in [0.5, 0.6) is 0 Å². The van der Waals surface area contributed by atoms with Crippen molar-refractivity contribution < 1.29 is 0 Å². The maximum Gasteiger partial charge on any atom is 0.196 e. The molecule has 0 aliphatic heterocycles. The highest BCUT2D eigenvalue weighted by Crippen LogP contribution is 2.30. The van der Waals surface area contributed by atoms with Gasteiger partial charge in [-0.05, 0) is 31.0 Å². The van der Waals surface area contributed by atoms with E-state index in [4.69, 9.17) is 5.26 Å². The summed E-state index contributed by atoms with van der Waals surface area (Å²) < 4.78 is 1.68. The van der Waals surface area contributed by atoms with Crippen molar-refractivity contribution in [2.75, 3.05) is 6.26 Å². The molecule has 0 aliphatic rings. The number of thioether (sulfide) groups is 1. The molecule has 2 aromatic heterocycles. The number of nitriles is 1. The van der Waals surface area contributed by atoms with Crippen LogP contribution < -0.4 is 0 Å². The maximum absolute atomic E-state index is 8.82.